The van der Waals surface area contributed by atoms with Gasteiger partial charge in [0.15, 0.2) is 5.78 Å². The SMILES string of the molecule is CC(=O)[C@H](CC(C)C)NC(=O)C1=CC2Nc3ccccc3SC2C=C1.CC1CCOC1N. The smallest absolute Gasteiger partial charge is 0.251 e. The van der Waals surface area contributed by atoms with Crippen molar-refractivity contribution in [3.63, 3.8) is 0 Å². The van der Waals surface area contributed by atoms with E-state index in [1.165, 1.54) is 11.8 Å². The molecule has 0 saturated carbocycles. The van der Waals surface area contributed by atoms with Crippen molar-refractivity contribution in [2.24, 2.45) is 17.6 Å². The fraction of sp³-hybridized carbons (Fsp3) is 0.520. The summed E-state index contributed by atoms with van der Waals surface area (Å²) in [6.45, 7) is 8.59. The molecule has 1 aromatic rings. The number of amides is 1. The number of fused-ring (bicyclic) bond motifs is 2. The van der Waals surface area contributed by atoms with E-state index in [-0.39, 0.29) is 29.2 Å². The third-order valence-electron chi connectivity index (χ3n) is 5.86. The molecule has 4 N–H and O–H groups in total. The third kappa shape index (κ3) is 6.47. The molecule has 0 aromatic heterocycles. The van der Waals surface area contributed by atoms with Gasteiger partial charge in [0, 0.05) is 22.8 Å². The number of ketones is 1. The quantitative estimate of drug-likeness (QED) is 0.621. The molecule has 1 amide bonds. The molecular weight excluding hydrogens is 422 g/mol. The zero-order chi connectivity index (χ0) is 23.3. The molecule has 32 heavy (non-hydrogen) atoms. The van der Waals surface area contributed by atoms with Gasteiger partial charge in [0.1, 0.15) is 6.23 Å². The molecule has 1 aliphatic carbocycles. The third-order valence-corrected chi connectivity index (χ3v) is 7.19. The normalized spacial score (nSPS) is 26.6. The monoisotopic (exact) mass is 457 g/mol. The van der Waals surface area contributed by atoms with Crippen molar-refractivity contribution in [2.75, 3.05) is 11.9 Å². The van der Waals surface area contributed by atoms with Gasteiger partial charge >= 0.3 is 0 Å². The average Bonchev–Trinajstić information content (AvgIpc) is 3.13. The predicted molar refractivity (Wildman–Crippen MR) is 130 cm³/mol. The zero-order valence-electron chi connectivity index (χ0n) is 19.3. The van der Waals surface area contributed by atoms with Crippen molar-refractivity contribution in [3.05, 3.63) is 48.1 Å². The summed E-state index contributed by atoms with van der Waals surface area (Å²) in [6, 6.07) is 7.85. The lowest BCUT2D eigenvalue weighted by atomic mass is 9.98. The van der Waals surface area contributed by atoms with E-state index in [0.29, 0.717) is 23.8 Å². The molecule has 7 heteroatoms. The zero-order valence-corrected chi connectivity index (χ0v) is 20.2. The first-order valence-corrected chi connectivity index (χ1v) is 12.2. The summed E-state index contributed by atoms with van der Waals surface area (Å²) in [5, 5.41) is 6.66. The summed E-state index contributed by atoms with van der Waals surface area (Å²) < 4.78 is 5.04. The van der Waals surface area contributed by atoms with E-state index in [9.17, 15) is 9.59 Å². The number of carbonyl (C=O) groups excluding carboxylic acids is 2. The van der Waals surface area contributed by atoms with Gasteiger partial charge in [-0.3, -0.25) is 9.59 Å². The van der Waals surface area contributed by atoms with Gasteiger partial charge in [0.25, 0.3) is 5.91 Å². The Kier molecular flexibility index (Phi) is 8.57. The van der Waals surface area contributed by atoms with E-state index in [1.807, 2.05) is 38.1 Å². The average molecular weight is 458 g/mol. The predicted octanol–water partition coefficient (Wildman–Crippen LogP) is 3.89. The molecular formula is C25H35N3O3S. The van der Waals surface area contributed by atoms with E-state index >= 15 is 0 Å². The molecule has 174 valence electrons. The Labute approximate surface area is 195 Å². The molecule has 1 fully saturated rings. The summed E-state index contributed by atoms with van der Waals surface area (Å²) in [5.74, 6) is 0.740. The number of benzene rings is 1. The number of nitrogens with one attached hydrogen (secondary N) is 2. The maximum Gasteiger partial charge on any atom is 0.251 e. The molecule has 4 unspecified atom stereocenters. The molecule has 0 radical (unpaired) electrons. The highest BCUT2D eigenvalue weighted by Crippen LogP contribution is 2.40. The van der Waals surface area contributed by atoms with E-state index < -0.39 is 6.04 Å². The molecule has 1 aromatic carbocycles. The minimum absolute atomic E-state index is 0.000546. The minimum Gasteiger partial charge on any atom is -0.376 e. The van der Waals surface area contributed by atoms with Crippen LogP contribution >= 0.6 is 11.8 Å². The topological polar surface area (TPSA) is 93.5 Å². The van der Waals surface area contributed by atoms with Crippen molar-refractivity contribution in [3.8, 4) is 0 Å². The number of hydrogen-bond donors (Lipinski definition) is 3. The highest BCUT2D eigenvalue weighted by molar-refractivity contribution is 8.00. The van der Waals surface area contributed by atoms with Crippen LogP contribution in [0.4, 0.5) is 5.69 Å². The number of ether oxygens (including phenoxy) is 1. The summed E-state index contributed by atoms with van der Waals surface area (Å²) in [5.41, 5.74) is 7.17. The summed E-state index contributed by atoms with van der Waals surface area (Å²) in [4.78, 5) is 25.6. The first kappa shape index (κ1) is 24.6. The lowest BCUT2D eigenvalue weighted by Crippen LogP contribution is -2.42. The van der Waals surface area contributed by atoms with Crippen LogP contribution < -0.4 is 16.4 Å². The standard InChI is InChI=1S/C20H24N2O2S.C5H11NO/c1-12(2)10-16(13(3)23)22-20(24)14-8-9-19-17(11-14)21-15-6-4-5-7-18(15)25-19;1-4-2-3-7-5(4)6/h4-9,11-12,16-17,19,21H,10H2,1-3H3,(H,22,24);4-5H,2-3,6H2,1H3/t16-,17?,19?;/m0./s1. The lowest BCUT2D eigenvalue weighted by Gasteiger charge is -2.33. The Morgan fingerprint density at radius 3 is 2.66 bits per heavy atom. The second-order valence-corrected chi connectivity index (χ2v) is 10.3. The van der Waals surface area contributed by atoms with Crippen LogP contribution in [-0.2, 0) is 14.3 Å². The van der Waals surface area contributed by atoms with Gasteiger partial charge in [0.2, 0.25) is 0 Å². The molecule has 6 nitrogen and oxygen atoms in total. The largest absolute Gasteiger partial charge is 0.376 e. The summed E-state index contributed by atoms with van der Waals surface area (Å²) in [6.07, 6.45) is 7.70. The fourth-order valence-electron chi connectivity index (χ4n) is 3.82. The molecule has 4 rings (SSSR count). The highest BCUT2D eigenvalue weighted by Gasteiger charge is 2.29. The van der Waals surface area contributed by atoms with E-state index in [1.54, 1.807) is 11.8 Å². The molecule has 1 saturated heterocycles. The van der Waals surface area contributed by atoms with Gasteiger partial charge < -0.3 is 21.1 Å². The number of nitrogens with two attached hydrogens (primary N) is 1. The molecule has 3 aliphatic rings. The molecule has 0 spiro atoms. The van der Waals surface area contributed by atoms with Crippen molar-refractivity contribution >= 4 is 29.1 Å². The molecule has 2 aliphatic heterocycles. The van der Waals surface area contributed by atoms with Gasteiger partial charge in [0.05, 0.1) is 17.3 Å². The second kappa shape index (κ2) is 11.2. The van der Waals surface area contributed by atoms with E-state index in [4.69, 9.17) is 10.5 Å². The van der Waals surface area contributed by atoms with Crippen molar-refractivity contribution in [2.45, 2.75) is 69.0 Å². The Bertz CT molecular complexity index is 875. The van der Waals surface area contributed by atoms with Crippen LogP contribution in [0.1, 0.15) is 40.5 Å². The molecule has 0 bridgehead atoms. The van der Waals surface area contributed by atoms with Crippen LogP contribution in [0.2, 0.25) is 0 Å². The Morgan fingerprint density at radius 1 is 1.31 bits per heavy atom. The number of para-hydroxylation sites is 1. The number of Topliss-reactive ketones (excluding diaryl/α,β-unsaturated/α-hetero) is 1. The lowest BCUT2D eigenvalue weighted by molar-refractivity contribution is -0.125. The highest BCUT2D eigenvalue weighted by atomic mass is 32.2. The second-order valence-electron chi connectivity index (χ2n) is 9.10. The van der Waals surface area contributed by atoms with E-state index in [0.717, 1.165) is 18.7 Å². The Morgan fingerprint density at radius 2 is 2.06 bits per heavy atom. The van der Waals surface area contributed by atoms with Crippen LogP contribution in [0.5, 0.6) is 0 Å². The van der Waals surface area contributed by atoms with Crippen molar-refractivity contribution in [1.29, 1.82) is 0 Å². The van der Waals surface area contributed by atoms with Crippen molar-refractivity contribution in [1.82, 2.24) is 5.32 Å². The van der Waals surface area contributed by atoms with E-state index in [2.05, 4.69) is 35.8 Å². The number of hydrogen-bond acceptors (Lipinski definition) is 6. The van der Waals surface area contributed by atoms with Crippen LogP contribution in [-0.4, -0.2) is 41.9 Å². The van der Waals surface area contributed by atoms with Gasteiger partial charge in [-0.1, -0.05) is 45.1 Å². The van der Waals surface area contributed by atoms with Crippen LogP contribution in [0, 0.1) is 11.8 Å². The Balaban J connectivity index is 0.000000352. The molecule has 2 heterocycles. The summed E-state index contributed by atoms with van der Waals surface area (Å²) in [7, 11) is 0. The van der Waals surface area contributed by atoms with Gasteiger partial charge in [-0.2, -0.15) is 0 Å². The first-order chi connectivity index (χ1) is 15.2. The first-order valence-electron chi connectivity index (χ1n) is 11.3. The maximum absolute atomic E-state index is 12.6. The van der Waals surface area contributed by atoms with Gasteiger partial charge in [-0.05, 0) is 49.8 Å². The maximum atomic E-state index is 12.6. The van der Waals surface area contributed by atoms with Gasteiger partial charge in [-0.15, -0.1) is 11.8 Å². The van der Waals surface area contributed by atoms with Crippen molar-refractivity contribution < 1.29 is 14.3 Å². The summed E-state index contributed by atoms with van der Waals surface area (Å²) >= 11 is 1.80. The van der Waals surface area contributed by atoms with Crippen LogP contribution in [0.25, 0.3) is 0 Å². The van der Waals surface area contributed by atoms with Crippen LogP contribution in [0.15, 0.2) is 53.0 Å². The Hall–Kier alpha value is -2.09. The fourth-order valence-corrected chi connectivity index (χ4v) is 4.98. The van der Waals surface area contributed by atoms with Crippen LogP contribution in [0.3, 0.4) is 0 Å². The molecule has 5 atom stereocenters. The number of carbonyl (C=O) groups is 2. The number of thioether (sulfide) groups is 1. The number of rotatable bonds is 5. The number of anilines is 1. The minimum atomic E-state index is -0.422. The van der Waals surface area contributed by atoms with Gasteiger partial charge in [-0.25, -0.2) is 0 Å².